The lowest BCUT2D eigenvalue weighted by Gasteiger charge is -2.08. The SMILES string of the molecule is O=C(CNCC(F)(F)F)NCCCc1ccccc1. The second kappa shape index (κ2) is 7.78. The van der Waals surface area contributed by atoms with Gasteiger partial charge < -0.3 is 10.6 Å². The van der Waals surface area contributed by atoms with Crippen molar-refractivity contribution >= 4 is 5.91 Å². The van der Waals surface area contributed by atoms with E-state index in [1.807, 2.05) is 35.6 Å². The van der Waals surface area contributed by atoms with E-state index in [4.69, 9.17) is 0 Å². The van der Waals surface area contributed by atoms with Gasteiger partial charge in [-0.05, 0) is 18.4 Å². The molecule has 3 nitrogen and oxygen atoms in total. The zero-order chi connectivity index (χ0) is 14.1. The summed E-state index contributed by atoms with van der Waals surface area (Å²) in [5, 5.41) is 4.62. The van der Waals surface area contributed by atoms with Crippen LogP contribution in [0.3, 0.4) is 0 Å². The Morgan fingerprint density at radius 2 is 1.84 bits per heavy atom. The molecule has 0 atom stereocenters. The van der Waals surface area contributed by atoms with Gasteiger partial charge in [0.25, 0.3) is 0 Å². The number of amides is 1. The summed E-state index contributed by atoms with van der Waals surface area (Å²) in [5.74, 6) is -0.419. The predicted molar refractivity (Wildman–Crippen MR) is 66.7 cm³/mol. The quantitative estimate of drug-likeness (QED) is 0.745. The molecule has 1 aromatic rings. The van der Waals surface area contributed by atoms with Crippen molar-refractivity contribution < 1.29 is 18.0 Å². The lowest BCUT2D eigenvalue weighted by atomic mass is 10.1. The minimum Gasteiger partial charge on any atom is -0.355 e. The molecule has 0 saturated heterocycles. The Balaban J connectivity index is 2.05. The van der Waals surface area contributed by atoms with Crippen LogP contribution in [0.5, 0.6) is 0 Å². The number of carbonyl (C=O) groups is 1. The number of aryl methyl sites for hydroxylation is 1. The molecular formula is C13H17F3N2O. The molecule has 0 aliphatic heterocycles. The second-order valence-corrected chi connectivity index (χ2v) is 4.16. The first-order chi connectivity index (χ1) is 8.97. The van der Waals surface area contributed by atoms with Crippen LogP contribution in [0.4, 0.5) is 13.2 Å². The molecule has 0 aliphatic rings. The Kier molecular flexibility index (Phi) is 6.35. The van der Waals surface area contributed by atoms with Crippen molar-refractivity contribution in [2.75, 3.05) is 19.6 Å². The van der Waals surface area contributed by atoms with Gasteiger partial charge in [0.15, 0.2) is 0 Å². The normalized spacial score (nSPS) is 11.3. The third-order valence-electron chi connectivity index (χ3n) is 2.42. The van der Waals surface area contributed by atoms with Gasteiger partial charge in [0.05, 0.1) is 13.1 Å². The minimum atomic E-state index is -4.28. The monoisotopic (exact) mass is 274 g/mol. The number of alkyl halides is 3. The number of rotatable bonds is 7. The highest BCUT2D eigenvalue weighted by Gasteiger charge is 2.26. The fourth-order valence-electron chi connectivity index (χ4n) is 1.55. The fraction of sp³-hybridized carbons (Fsp3) is 0.462. The van der Waals surface area contributed by atoms with Crippen molar-refractivity contribution in [3.8, 4) is 0 Å². The summed E-state index contributed by atoms with van der Waals surface area (Å²) in [6, 6.07) is 9.79. The summed E-state index contributed by atoms with van der Waals surface area (Å²) >= 11 is 0. The molecule has 0 bridgehead atoms. The molecular weight excluding hydrogens is 257 g/mol. The van der Waals surface area contributed by atoms with Gasteiger partial charge in [0, 0.05) is 6.54 Å². The van der Waals surface area contributed by atoms with Crippen molar-refractivity contribution in [3.63, 3.8) is 0 Å². The molecule has 0 fully saturated rings. The van der Waals surface area contributed by atoms with Crippen LogP contribution in [-0.4, -0.2) is 31.7 Å². The Morgan fingerprint density at radius 1 is 1.16 bits per heavy atom. The summed E-state index contributed by atoms with van der Waals surface area (Å²) in [7, 11) is 0. The van der Waals surface area contributed by atoms with Crippen LogP contribution in [0.1, 0.15) is 12.0 Å². The number of carbonyl (C=O) groups excluding carboxylic acids is 1. The molecule has 6 heteroatoms. The van der Waals surface area contributed by atoms with E-state index in [1.165, 1.54) is 5.56 Å². The van der Waals surface area contributed by atoms with Gasteiger partial charge in [-0.25, -0.2) is 0 Å². The Morgan fingerprint density at radius 3 is 2.47 bits per heavy atom. The van der Waals surface area contributed by atoms with Crippen LogP contribution >= 0.6 is 0 Å². The van der Waals surface area contributed by atoms with E-state index in [0.717, 1.165) is 12.8 Å². The van der Waals surface area contributed by atoms with Crippen LogP contribution in [0.2, 0.25) is 0 Å². The third kappa shape index (κ3) is 8.20. The van der Waals surface area contributed by atoms with Crippen molar-refractivity contribution in [3.05, 3.63) is 35.9 Å². The van der Waals surface area contributed by atoms with Crippen molar-refractivity contribution in [2.24, 2.45) is 0 Å². The lowest BCUT2D eigenvalue weighted by molar-refractivity contribution is -0.128. The first kappa shape index (κ1) is 15.5. The molecule has 0 heterocycles. The zero-order valence-electron chi connectivity index (χ0n) is 10.5. The average molecular weight is 274 g/mol. The minimum absolute atomic E-state index is 0.315. The molecule has 1 amide bonds. The molecule has 0 radical (unpaired) electrons. The highest BCUT2D eigenvalue weighted by Crippen LogP contribution is 2.11. The molecule has 2 N–H and O–H groups in total. The van der Waals surface area contributed by atoms with E-state index >= 15 is 0 Å². The maximum absolute atomic E-state index is 11.8. The molecule has 106 valence electrons. The molecule has 0 unspecified atom stereocenters. The standard InChI is InChI=1S/C13H17F3N2O/c14-13(15,16)10-17-9-12(19)18-8-4-7-11-5-2-1-3-6-11/h1-3,5-6,17H,4,7-10H2,(H,18,19). The van der Waals surface area contributed by atoms with Crippen LogP contribution in [0, 0.1) is 0 Å². The van der Waals surface area contributed by atoms with E-state index < -0.39 is 18.6 Å². The van der Waals surface area contributed by atoms with E-state index in [1.54, 1.807) is 0 Å². The molecule has 0 saturated carbocycles. The number of halogens is 3. The fourth-order valence-corrected chi connectivity index (χ4v) is 1.55. The highest BCUT2D eigenvalue weighted by atomic mass is 19.4. The first-order valence-corrected chi connectivity index (χ1v) is 6.05. The number of hydrogen-bond donors (Lipinski definition) is 2. The van der Waals surface area contributed by atoms with Gasteiger partial charge in [0.2, 0.25) is 5.91 Å². The average Bonchev–Trinajstić information content (AvgIpc) is 2.34. The van der Waals surface area contributed by atoms with Gasteiger partial charge in [-0.2, -0.15) is 13.2 Å². The molecule has 1 rings (SSSR count). The van der Waals surface area contributed by atoms with Crippen LogP contribution in [0.15, 0.2) is 30.3 Å². The van der Waals surface area contributed by atoms with Gasteiger partial charge in [-0.1, -0.05) is 30.3 Å². The van der Waals surface area contributed by atoms with E-state index in [0.29, 0.717) is 6.54 Å². The summed E-state index contributed by atoms with van der Waals surface area (Å²) < 4.78 is 35.4. The summed E-state index contributed by atoms with van der Waals surface area (Å²) in [5.41, 5.74) is 1.17. The van der Waals surface area contributed by atoms with Gasteiger partial charge in [-0.15, -0.1) is 0 Å². The molecule has 0 aliphatic carbocycles. The summed E-state index contributed by atoms with van der Waals surface area (Å²) in [6.07, 6.45) is -2.69. The first-order valence-electron chi connectivity index (χ1n) is 6.05. The van der Waals surface area contributed by atoms with Gasteiger partial charge in [-0.3, -0.25) is 4.79 Å². The van der Waals surface area contributed by atoms with Crippen LogP contribution in [0.25, 0.3) is 0 Å². The van der Waals surface area contributed by atoms with Gasteiger partial charge in [0.1, 0.15) is 0 Å². The molecule has 1 aromatic carbocycles. The van der Waals surface area contributed by atoms with E-state index in [2.05, 4.69) is 5.32 Å². The largest absolute Gasteiger partial charge is 0.401 e. The van der Waals surface area contributed by atoms with Crippen LogP contribution in [-0.2, 0) is 11.2 Å². The summed E-state index contributed by atoms with van der Waals surface area (Å²) in [6.45, 7) is -1.00. The predicted octanol–water partition coefficient (Wildman–Crippen LogP) is 1.89. The van der Waals surface area contributed by atoms with Gasteiger partial charge >= 0.3 is 6.18 Å². The van der Waals surface area contributed by atoms with Crippen LogP contribution < -0.4 is 10.6 Å². The highest BCUT2D eigenvalue weighted by molar-refractivity contribution is 5.77. The Hall–Kier alpha value is -1.56. The molecule has 0 aromatic heterocycles. The zero-order valence-corrected chi connectivity index (χ0v) is 10.5. The van der Waals surface area contributed by atoms with Crippen molar-refractivity contribution in [1.82, 2.24) is 10.6 Å². The Labute approximate surface area is 110 Å². The van der Waals surface area contributed by atoms with Crippen molar-refractivity contribution in [2.45, 2.75) is 19.0 Å². The molecule has 0 spiro atoms. The maximum Gasteiger partial charge on any atom is 0.401 e. The molecule has 19 heavy (non-hydrogen) atoms. The van der Waals surface area contributed by atoms with E-state index in [-0.39, 0.29) is 6.54 Å². The topological polar surface area (TPSA) is 41.1 Å². The second-order valence-electron chi connectivity index (χ2n) is 4.16. The third-order valence-corrected chi connectivity index (χ3v) is 2.42. The number of nitrogens with one attached hydrogen (secondary N) is 2. The Bertz CT molecular complexity index is 379. The lowest BCUT2D eigenvalue weighted by Crippen LogP contribution is -2.38. The van der Waals surface area contributed by atoms with Crippen molar-refractivity contribution in [1.29, 1.82) is 0 Å². The number of benzene rings is 1. The van der Waals surface area contributed by atoms with E-state index in [9.17, 15) is 18.0 Å². The maximum atomic E-state index is 11.8. The smallest absolute Gasteiger partial charge is 0.355 e. The number of hydrogen-bond acceptors (Lipinski definition) is 2. The summed E-state index contributed by atoms with van der Waals surface area (Å²) in [4.78, 5) is 11.2.